The van der Waals surface area contributed by atoms with Gasteiger partial charge in [-0.05, 0) is 17.7 Å². The van der Waals surface area contributed by atoms with Gasteiger partial charge in [0.15, 0.2) is 0 Å². The molecular formula is C13H14O2S2. The Morgan fingerprint density at radius 2 is 1.76 bits per heavy atom. The number of thiophene rings is 1. The van der Waals surface area contributed by atoms with Gasteiger partial charge in [-0.15, -0.1) is 11.3 Å². The van der Waals surface area contributed by atoms with Crippen LogP contribution in [0.5, 0.6) is 0 Å². The molecule has 17 heavy (non-hydrogen) atoms. The number of hydrogen-bond acceptors (Lipinski definition) is 4. The average Bonchev–Trinajstić information content (AvgIpc) is 2.87. The van der Waals surface area contributed by atoms with Gasteiger partial charge in [0, 0.05) is 15.5 Å². The largest absolute Gasteiger partial charge is 0.389 e. The molecule has 2 unspecified atom stereocenters. The smallest absolute Gasteiger partial charge is 0.115 e. The van der Waals surface area contributed by atoms with Crippen LogP contribution in [0.15, 0.2) is 42.5 Å². The van der Waals surface area contributed by atoms with Crippen molar-refractivity contribution in [2.75, 3.05) is 5.75 Å². The van der Waals surface area contributed by atoms with Crippen molar-refractivity contribution in [2.45, 2.75) is 12.2 Å². The van der Waals surface area contributed by atoms with E-state index in [9.17, 15) is 10.2 Å². The summed E-state index contributed by atoms with van der Waals surface area (Å²) in [6.45, 7) is 0. The van der Waals surface area contributed by atoms with Crippen molar-refractivity contribution >= 4 is 24.0 Å². The molecule has 2 aromatic rings. The summed E-state index contributed by atoms with van der Waals surface area (Å²) in [4.78, 5) is 1.86. The lowest BCUT2D eigenvalue weighted by atomic mass is 10.2. The van der Waals surface area contributed by atoms with Crippen LogP contribution < -0.4 is 0 Å². The topological polar surface area (TPSA) is 40.5 Å². The molecule has 4 heteroatoms. The van der Waals surface area contributed by atoms with Crippen LogP contribution in [0, 0.1) is 0 Å². The Labute approximate surface area is 110 Å². The molecule has 2 rings (SSSR count). The van der Waals surface area contributed by atoms with Gasteiger partial charge in [0.2, 0.25) is 0 Å². The predicted molar refractivity (Wildman–Crippen MR) is 74.6 cm³/mol. The SMILES string of the molecule is OC(CS)C(O)c1ccc(-c2ccccc2)s1. The fourth-order valence-electron chi connectivity index (χ4n) is 1.56. The fourth-order valence-corrected chi connectivity index (χ4v) is 2.82. The second-order valence-electron chi connectivity index (χ2n) is 3.76. The molecule has 1 aromatic carbocycles. The molecule has 0 bridgehead atoms. The normalized spacial score (nSPS) is 14.5. The number of rotatable bonds is 4. The predicted octanol–water partition coefficient (Wildman–Crippen LogP) is 2.74. The molecule has 0 amide bonds. The monoisotopic (exact) mass is 266 g/mol. The zero-order chi connectivity index (χ0) is 12.3. The molecule has 2 atom stereocenters. The van der Waals surface area contributed by atoms with Gasteiger partial charge in [0.05, 0.1) is 6.10 Å². The van der Waals surface area contributed by atoms with Gasteiger partial charge in [-0.25, -0.2) is 0 Å². The maximum atomic E-state index is 9.86. The summed E-state index contributed by atoms with van der Waals surface area (Å²) in [5.41, 5.74) is 1.12. The van der Waals surface area contributed by atoms with Crippen LogP contribution >= 0.6 is 24.0 Å². The van der Waals surface area contributed by atoms with Crippen LogP contribution in [-0.4, -0.2) is 22.1 Å². The van der Waals surface area contributed by atoms with E-state index in [2.05, 4.69) is 12.6 Å². The van der Waals surface area contributed by atoms with Crippen molar-refractivity contribution in [3.8, 4) is 10.4 Å². The highest BCUT2D eigenvalue weighted by atomic mass is 32.1. The molecule has 0 radical (unpaired) electrons. The number of thiol groups is 1. The lowest BCUT2D eigenvalue weighted by Crippen LogP contribution is -2.18. The summed E-state index contributed by atoms with van der Waals surface area (Å²) in [7, 11) is 0. The molecule has 0 saturated carbocycles. The van der Waals surface area contributed by atoms with Gasteiger partial charge in [-0.1, -0.05) is 30.3 Å². The number of aliphatic hydroxyl groups excluding tert-OH is 2. The quantitative estimate of drug-likeness (QED) is 0.745. The minimum atomic E-state index is -0.852. The first kappa shape index (κ1) is 12.6. The van der Waals surface area contributed by atoms with Crippen LogP contribution in [0.2, 0.25) is 0 Å². The van der Waals surface area contributed by atoms with Crippen molar-refractivity contribution < 1.29 is 10.2 Å². The Hall–Kier alpha value is -0.810. The number of aliphatic hydroxyl groups is 2. The minimum absolute atomic E-state index is 0.250. The minimum Gasteiger partial charge on any atom is -0.389 e. The van der Waals surface area contributed by atoms with Gasteiger partial charge < -0.3 is 10.2 Å². The molecule has 0 saturated heterocycles. The molecule has 0 spiro atoms. The molecule has 0 fully saturated rings. The summed E-state index contributed by atoms with van der Waals surface area (Å²) in [5, 5.41) is 19.4. The second-order valence-corrected chi connectivity index (χ2v) is 5.24. The van der Waals surface area contributed by atoms with E-state index in [4.69, 9.17) is 0 Å². The lowest BCUT2D eigenvalue weighted by Gasteiger charge is -2.13. The highest BCUT2D eigenvalue weighted by Gasteiger charge is 2.18. The number of hydrogen-bond donors (Lipinski definition) is 3. The summed E-state index contributed by atoms with van der Waals surface area (Å²) in [6.07, 6.45) is -1.67. The first-order valence-electron chi connectivity index (χ1n) is 5.34. The molecule has 2 nitrogen and oxygen atoms in total. The molecule has 1 aromatic heterocycles. The third kappa shape index (κ3) is 2.90. The maximum absolute atomic E-state index is 9.86. The van der Waals surface area contributed by atoms with Crippen LogP contribution in [0.1, 0.15) is 11.0 Å². The second kappa shape index (κ2) is 5.69. The van der Waals surface area contributed by atoms with Gasteiger partial charge in [0.25, 0.3) is 0 Å². The lowest BCUT2D eigenvalue weighted by molar-refractivity contribution is 0.0361. The van der Waals surface area contributed by atoms with Gasteiger partial charge in [0.1, 0.15) is 6.10 Å². The van der Waals surface area contributed by atoms with Crippen molar-refractivity contribution in [1.29, 1.82) is 0 Å². The summed E-state index contributed by atoms with van der Waals surface area (Å²) in [5.74, 6) is 0.250. The molecule has 0 aliphatic rings. The third-order valence-corrected chi connectivity index (χ3v) is 4.11. The van der Waals surface area contributed by atoms with Crippen LogP contribution in [-0.2, 0) is 0 Å². The molecule has 1 heterocycles. The molecular weight excluding hydrogens is 252 g/mol. The number of benzene rings is 1. The molecule has 0 aliphatic heterocycles. The van der Waals surface area contributed by atoms with E-state index >= 15 is 0 Å². The fraction of sp³-hybridized carbons (Fsp3) is 0.231. The van der Waals surface area contributed by atoms with Crippen molar-refractivity contribution in [3.63, 3.8) is 0 Å². The highest BCUT2D eigenvalue weighted by Crippen LogP contribution is 2.32. The third-order valence-electron chi connectivity index (χ3n) is 2.53. The van der Waals surface area contributed by atoms with Crippen molar-refractivity contribution in [2.24, 2.45) is 0 Å². The summed E-state index contributed by atoms with van der Waals surface area (Å²) in [6, 6.07) is 13.8. The van der Waals surface area contributed by atoms with E-state index in [-0.39, 0.29) is 5.75 Å². The van der Waals surface area contributed by atoms with Gasteiger partial charge in [-0.2, -0.15) is 12.6 Å². The van der Waals surface area contributed by atoms with Gasteiger partial charge >= 0.3 is 0 Å². The Morgan fingerprint density at radius 3 is 2.41 bits per heavy atom. The van der Waals surface area contributed by atoms with E-state index in [1.807, 2.05) is 42.5 Å². The Bertz CT molecular complexity index is 467. The highest BCUT2D eigenvalue weighted by molar-refractivity contribution is 7.80. The van der Waals surface area contributed by atoms with Gasteiger partial charge in [-0.3, -0.25) is 0 Å². The van der Waals surface area contributed by atoms with Crippen LogP contribution in [0.25, 0.3) is 10.4 Å². The Kier molecular flexibility index (Phi) is 4.23. The Morgan fingerprint density at radius 1 is 1.06 bits per heavy atom. The Balaban J connectivity index is 2.22. The van der Waals surface area contributed by atoms with E-state index in [1.54, 1.807) is 0 Å². The standard InChI is InChI=1S/C13H14O2S2/c14-10(8-16)13(15)12-7-6-11(17-12)9-4-2-1-3-5-9/h1-7,10,13-16H,8H2. The summed E-state index contributed by atoms with van der Waals surface area (Å²) >= 11 is 5.47. The molecule has 0 aliphatic carbocycles. The zero-order valence-corrected chi connectivity index (χ0v) is 10.9. The maximum Gasteiger partial charge on any atom is 0.115 e. The zero-order valence-electron chi connectivity index (χ0n) is 9.15. The molecule has 2 N–H and O–H groups in total. The first-order valence-corrected chi connectivity index (χ1v) is 6.79. The van der Waals surface area contributed by atoms with Crippen molar-refractivity contribution in [3.05, 3.63) is 47.3 Å². The average molecular weight is 266 g/mol. The van der Waals surface area contributed by atoms with E-state index in [0.717, 1.165) is 15.3 Å². The van der Waals surface area contributed by atoms with Crippen LogP contribution in [0.4, 0.5) is 0 Å². The van der Waals surface area contributed by atoms with E-state index in [1.165, 1.54) is 11.3 Å². The van der Waals surface area contributed by atoms with E-state index in [0.29, 0.717) is 0 Å². The summed E-state index contributed by atoms with van der Waals surface area (Å²) < 4.78 is 0. The molecule has 90 valence electrons. The first-order chi connectivity index (χ1) is 8.22. The van der Waals surface area contributed by atoms with E-state index < -0.39 is 12.2 Å². The van der Waals surface area contributed by atoms with Crippen molar-refractivity contribution in [1.82, 2.24) is 0 Å². The van der Waals surface area contributed by atoms with Crippen LogP contribution in [0.3, 0.4) is 0 Å².